The van der Waals surface area contributed by atoms with Crippen LogP contribution in [-0.2, 0) is 20.1 Å². The topological polar surface area (TPSA) is 30.2 Å². The molecule has 1 radical (unpaired) electrons. The van der Waals surface area contributed by atoms with Gasteiger partial charge in [0.1, 0.15) is 0 Å². The second-order valence-corrected chi connectivity index (χ2v) is 12.4. The summed E-state index contributed by atoms with van der Waals surface area (Å²) in [6, 6.07) is 49.1. The first kappa shape index (κ1) is 28.5. The number of fused-ring (bicyclic) bond motifs is 9. The van der Waals surface area contributed by atoms with Crippen molar-refractivity contribution in [1.29, 1.82) is 0 Å². The van der Waals surface area contributed by atoms with Crippen LogP contribution in [0, 0.1) is 19.1 Å². The van der Waals surface area contributed by atoms with Gasteiger partial charge in [0.05, 0.1) is 5.52 Å². The van der Waals surface area contributed by atoms with Crippen LogP contribution in [0.4, 0.5) is 0 Å². The van der Waals surface area contributed by atoms with Crippen molar-refractivity contribution in [1.82, 2.24) is 14.4 Å². The van der Waals surface area contributed by atoms with Crippen molar-refractivity contribution < 1.29 is 20.1 Å². The van der Waals surface area contributed by atoms with Crippen molar-refractivity contribution >= 4 is 69.6 Å². The number of benzene rings is 5. The summed E-state index contributed by atoms with van der Waals surface area (Å²) in [5.41, 5.74) is 8.94. The molecular weight excluding hydrogens is 759 g/mol. The minimum Gasteiger partial charge on any atom is -0.350 e. The van der Waals surface area contributed by atoms with Gasteiger partial charge in [0.25, 0.3) is 0 Å². The van der Waals surface area contributed by atoms with Gasteiger partial charge in [0.2, 0.25) is 0 Å². The van der Waals surface area contributed by atoms with E-state index in [4.69, 9.17) is 0 Å². The van der Waals surface area contributed by atoms with Crippen molar-refractivity contribution in [2.45, 2.75) is 6.92 Å². The molecule has 5 heterocycles. The summed E-state index contributed by atoms with van der Waals surface area (Å²) in [4.78, 5) is 8.85. The smallest absolute Gasteiger partial charge is 0.0516 e. The van der Waals surface area contributed by atoms with Crippen LogP contribution in [0.25, 0.3) is 80.8 Å². The number of pyridine rings is 2. The fraction of sp³-hybridized carbons (Fsp3) is 0.0244. The Hall–Kier alpha value is -4.93. The number of aryl methyl sites for hydroxylation is 1. The molecule has 5 heteroatoms. The summed E-state index contributed by atoms with van der Waals surface area (Å²) >= 11 is 1.88. The van der Waals surface area contributed by atoms with Crippen molar-refractivity contribution in [3.63, 3.8) is 0 Å². The van der Waals surface area contributed by atoms with Crippen LogP contribution < -0.4 is 0 Å². The first-order valence-electron chi connectivity index (χ1n) is 15.0. The number of hydrogen-bond donors (Lipinski definition) is 0. The molecule has 0 bridgehead atoms. The molecule has 46 heavy (non-hydrogen) atoms. The summed E-state index contributed by atoms with van der Waals surface area (Å²) in [5, 5.41) is 7.84. The van der Waals surface area contributed by atoms with E-state index >= 15 is 0 Å². The zero-order valence-corrected chi connectivity index (χ0v) is 28.0. The van der Waals surface area contributed by atoms with Gasteiger partial charge in [-0.1, -0.05) is 66.0 Å². The minimum atomic E-state index is 0. The zero-order chi connectivity index (χ0) is 29.9. The average molecular weight is 784 g/mol. The Morgan fingerprint density at radius 2 is 1.37 bits per heavy atom. The van der Waals surface area contributed by atoms with E-state index in [0.717, 1.165) is 22.5 Å². The molecule has 0 saturated carbocycles. The van der Waals surface area contributed by atoms with Crippen LogP contribution in [0.15, 0.2) is 134 Å². The van der Waals surface area contributed by atoms with Crippen LogP contribution >= 0.6 is 11.3 Å². The molecule has 3 nitrogen and oxygen atoms in total. The summed E-state index contributed by atoms with van der Waals surface area (Å²) in [6.45, 7) is 2.07. The van der Waals surface area contributed by atoms with Gasteiger partial charge in [0, 0.05) is 69.0 Å². The van der Waals surface area contributed by atoms with Crippen molar-refractivity contribution in [3.8, 4) is 22.5 Å². The Labute approximate surface area is 283 Å². The predicted molar refractivity (Wildman–Crippen MR) is 189 cm³/mol. The van der Waals surface area contributed by atoms with E-state index in [1.54, 1.807) is 6.20 Å². The summed E-state index contributed by atoms with van der Waals surface area (Å²) in [6.07, 6.45) is 3.71. The van der Waals surface area contributed by atoms with E-state index in [9.17, 15) is 0 Å². The van der Waals surface area contributed by atoms with E-state index in [1.807, 2.05) is 60.0 Å². The third-order valence-corrected chi connectivity index (χ3v) is 9.72. The molecule has 0 amide bonds. The second kappa shape index (κ2) is 11.5. The molecule has 5 aromatic heterocycles. The van der Waals surface area contributed by atoms with E-state index < -0.39 is 0 Å². The Bertz CT molecular complexity index is 2600. The number of aromatic nitrogens is 3. The minimum absolute atomic E-state index is 0. The standard InChI is InChI=1S/C30H17N2S.C11H8N.Ir/c1-17-9-11-25(31-16-17)18-10-12-26-22(13-18)20-6-4-7-21-23-15-29-24(14-27(23)32(26)30(20)21)19-5-2-3-8-28(19)33-29;1-2-6-10(7-3-1)11-8-4-5-9-12-11;/h2-9,11-16H,1H3;1-6,8-9H;/q2*-1;. The molecule has 0 aliphatic carbocycles. The predicted octanol–water partition coefficient (Wildman–Crippen LogP) is 10.9. The van der Waals surface area contributed by atoms with Gasteiger partial charge in [-0.3, -0.25) is 0 Å². The van der Waals surface area contributed by atoms with Gasteiger partial charge in [0.15, 0.2) is 0 Å². The molecule has 0 spiro atoms. The zero-order valence-electron chi connectivity index (χ0n) is 24.8. The average Bonchev–Trinajstić information content (AvgIpc) is 3.75. The largest absolute Gasteiger partial charge is 0.350 e. The first-order chi connectivity index (χ1) is 22.2. The summed E-state index contributed by atoms with van der Waals surface area (Å²) in [5.74, 6) is 0. The van der Waals surface area contributed by atoms with E-state index in [-0.39, 0.29) is 20.1 Å². The maximum absolute atomic E-state index is 4.63. The van der Waals surface area contributed by atoms with Crippen LogP contribution in [0.1, 0.15) is 5.56 Å². The molecule has 10 rings (SSSR count). The number of thiophene rings is 1. The Morgan fingerprint density at radius 1 is 0.587 bits per heavy atom. The third-order valence-electron chi connectivity index (χ3n) is 8.58. The molecular formula is C41H25IrN3S-2. The molecule has 0 aliphatic heterocycles. The quantitative estimate of drug-likeness (QED) is 0.164. The summed E-state index contributed by atoms with van der Waals surface area (Å²) in [7, 11) is 0. The number of nitrogens with zero attached hydrogens (tertiary/aromatic N) is 3. The van der Waals surface area contributed by atoms with Gasteiger partial charge >= 0.3 is 0 Å². The Balaban J connectivity index is 0.000000204. The van der Waals surface area contributed by atoms with Crippen LogP contribution in [-0.4, -0.2) is 14.4 Å². The molecule has 0 N–H and O–H groups in total. The number of hydrogen-bond acceptors (Lipinski definition) is 3. The van der Waals surface area contributed by atoms with Crippen LogP contribution in [0.3, 0.4) is 0 Å². The molecule has 10 aromatic rings. The number of rotatable bonds is 2. The molecule has 0 saturated heterocycles. The maximum atomic E-state index is 4.63. The second-order valence-electron chi connectivity index (χ2n) is 11.4. The van der Waals surface area contributed by atoms with E-state index in [1.165, 1.54) is 63.8 Å². The van der Waals surface area contributed by atoms with Gasteiger partial charge in [-0.15, -0.1) is 71.0 Å². The first-order valence-corrected chi connectivity index (χ1v) is 15.8. The molecule has 5 aromatic carbocycles. The van der Waals surface area contributed by atoms with Gasteiger partial charge < -0.3 is 14.4 Å². The fourth-order valence-corrected chi connectivity index (χ4v) is 7.61. The maximum Gasteiger partial charge on any atom is 0.0516 e. The monoisotopic (exact) mass is 784 g/mol. The SMILES string of the molecule is Cc1ccc(-c2[c-]cc3c(c2)c2cccc4c5cc6sc7ccccc7c6cc5n3c24)nc1.[Ir].[c-]1ccccc1-c1ccccn1. The molecule has 0 unspecified atom stereocenters. The molecule has 221 valence electrons. The molecule has 0 atom stereocenters. The van der Waals surface area contributed by atoms with E-state index in [0.29, 0.717) is 0 Å². The van der Waals surface area contributed by atoms with Crippen molar-refractivity contribution in [2.75, 3.05) is 0 Å². The fourth-order valence-electron chi connectivity index (χ4n) is 6.48. The van der Waals surface area contributed by atoms with Crippen LogP contribution in [0.5, 0.6) is 0 Å². The van der Waals surface area contributed by atoms with E-state index in [2.05, 4.69) is 112 Å². The van der Waals surface area contributed by atoms with Gasteiger partial charge in [-0.2, -0.15) is 0 Å². The normalized spacial score (nSPS) is 11.4. The Kier molecular flexibility index (Phi) is 7.11. The summed E-state index contributed by atoms with van der Waals surface area (Å²) < 4.78 is 5.13. The number of para-hydroxylation sites is 1. The van der Waals surface area contributed by atoms with Crippen LogP contribution in [0.2, 0.25) is 0 Å². The van der Waals surface area contributed by atoms with Crippen molar-refractivity contribution in [3.05, 3.63) is 151 Å². The Morgan fingerprint density at radius 3 is 2.15 bits per heavy atom. The molecule has 0 aliphatic rings. The van der Waals surface area contributed by atoms with Crippen molar-refractivity contribution in [2.24, 2.45) is 0 Å². The third kappa shape index (κ3) is 4.59. The van der Waals surface area contributed by atoms with Gasteiger partial charge in [-0.25, -0.2) is 0 Å². The van der Waals surface area contributed by atoms with Gasteiger partial charge in [-0.05, 0) is 59.0 Å². The molecule has 0 fully saturated rings.